The first-order valence-corrected chi connectivity index (χ1v) is 4.77. The minimum atomic E-state index is -4.36. The SMILES string of the molecule is Cc1cc(C)c([N+](=O)[O-])cc1NCC(F)(F)F. The highest BCUT2D eigenvalue weighted by Gasteiger charge is 2.27. The average Bonchev–Trinajstić information content (AvgIpc) is 2.14. The Kier molecular flexibility index (Phi) is 3.59. The number of hydrogen-bond acceptors (Lipinski definition) is 3. The van der Waals surface area contributed by atoms with Gasteiger partial charge in [-0.2, -0.15) is 13.2 Å². The van der Waals surface area contributed by atoms with E-state index in [1.807, 2.05) is 0 Å². The van der Waals surface area contributed by atoms with E-state index in [-0.39, 0.29) is 11.4 Å². The minimum absolute atomic E-state index is 0.125. The van der Waals surface area contributed by atoms with Gasteiger partial charge in [0.25, 0.3) is 5.69 Å². The fourth-order valence-corrected chi connectivity index (χ4v) is 1.42. The van der Waals surface area contributed by atoms with Crippen molar-refractivity contribution in [2.45, 2.75) is 20.0 Å². The van der Waals surface area contributed by atoms with E-state index in [4.69, 9.17) is 0 Å². The standard InChI is InChI=1S/C10H11F3N2O2/c1-6-3-7(2)9(15(16)17)4-8(6)14-5-10(11,12)13/h3-4,14H,5H2,1-2H3. The van der Waals surface area contributed by atoms with Crippen LogP contribution in [-0.4, -0.2) is 17.6 Å². The molecule has 0 spiro atoms. The predicted octanol–water partition coefficient (Wildman–Crippen LogP) is 3.19. The molecule has 0 aliphatic rings. The zero-order valence-electron chi connectivity index (χ0n) is 9.26. The molecule has 7 heteroatoms. The Morgan fingerprint density at radius 1 is 1.29 bits per heavy atom. The van der Waals surface area contributed by atoms with Crippen LogP contribution in [0.1, 0.15) is 11.1 Å². The number of nitrogens with one attached hydrogen (secondary N) is 1. The van der Waals surface area contributed by atoms with Crippen molar-refractivity contribution in [3.63, 3.8) is 0 Å². The maximum absolute atomic E-state index is 12.0. The van der Waals surface area contributed by atoms with Crippen LogP contribution in [0.4, 0.5) is 24.5 Å². The lowest BCUT2D eigenvalue weighted by Gasteiger charge is -2.12. The lowest BCUT2D eigenvalue weighted by atomic mass is 10.1. The Bertz CT molecular complexity index is 444. The van der Waals surface area contributed by atoms with E-state index in [1.165, 1.54) is 6.07 Å². The number of aryl methyl sites for hydroxylation is 2. The van der Waals surface area contributed by atoms with Crippen LogP contribution in [0.5, 0.6) is 0 Å². The normalized spacial score (nSPS) is 11.4. The van der Waals surface area contributed by atoms with Crippen molar-refractivity contribution in [2.24, 2.45) is 0 Å². The van der Waals surface area contributed by atoms with Gasteiger partial charge in [0.15, 0.2) is 0 Å². The molecular weight excluding hydrogens is 237 g/mol. The highest BCUT2D eigenvalue weighted by atomic mass is 19.4. The van der Waals surface area contributed by atoms with Crippen molar-refractivity contribution in [1.82, 2.24) is 0 Å². The molecule has 1 N–H and O–H groups in total. The van der Waals surface area contributed by atoms with Crippen molar-refractivity contribution in [3.05, 3.63) is 33.4 Å². The van der Waals surface area contributed by atoms with Crippen LogP contribution < -0.4 is 5.32 Å². The summed E-state index contributed by atoms with van der Waals surface area (Å²) in [6.45, 7) is 1.92. The van der Waals surface area contributed by atoms with Gasteiger partial charge >= 0.3 is 6.18 Å². The molecule has 0 amide bonds. The van der Waals surface area contributed by atoms with E-state index in [0.29, 0.717) is 11.1 Å². The molecule has 0 aliphatic heterocycles. The number of nitro benzene ring substituents is 1. The van der Waals surface area contributed by atoms with Gasteiger partial charge < -0.3 is 5.32 Å². The highest BCUT2D eigenvalue weighted by molar-refractivity contribution is 5.60. The smallest absolute Gasteiger partial charge is 0.376 e. The van der Waals surface area contributed by atoms with Crippen LogP contribution in [0.2, 0.25) is 0 Å². The Morgan fingerprint density at radius 3 is 2.35 bits per heavy atom. The molecule has 17 heavy (non-hydrogen) atoms. The first kappa shape index (κ1) is 13.3. The quantitative estimate of drug-likeness (QED) is 0.660. The molecule has 94 valence electrons. The molecule has 1 rings (SSSR count). The van der Waals surface area contributed by atoms with Crippen molar-refractivity contribution in [2.75, 3.05) is 11.9 Å². The van der Waals surface area contributed by atoms with Crippen LogP contribution in [-0.2, 0) is 0 Å². The van der Waals surface area contributed by atoms with E-state index in [2.05, 4.69) is 5.32 Å². The third-order valence-electron chi connectivity index (χ3n) is 2.22. The second-order valence-electron chi connectivity index (χ2n) is 3.68. The summed E-state index contributed by atoms with van der Waals surface area (Å²) in [7, 11) is 0. The van der Waals surface area contributed by atoms with Gasteiger partial charge in [-0.15, -0.1) is 0 Å². The van der Waals surface area contributed by atoms with E-state index < -0.39 is 17.6 Å². The van der Waals surface area contributed by atoms with Crippen LogP contribution in [0.3, 0.4) is 0 Å². The van der Waals surface area contributed by atoms with E-state index in [1.54, 1.807) is 13.8 Å². The number of alkyl halides is 3. The van der Waals surface area contributed by atoms with Gasteiger partial charge in [-0.1, -0.05) is 0 Å². The minimum Gasteiger partial charge on any atom is -0.376 e. The Morgan fingerprint density at radius 2 is 1.88 bits per heavy atom. The van der Waals surface area contributed by atoms with Gasteiger partial charge in [0.2, 0.25) is 0 Å². The van der Waals surface area contributed by atoms with Gasteiger partial charge in [-0.05, 0) is 25.5 Å². The molecular formula is C10H11F3N2O2. The van der Waals surface area contributed by atoms with Crippen molar-refractivity contribution in [1.29, 1.82) is 0 Å². The summed E-state index contributed by atoms with van der Waals surface area (Å²) in [5.41, 5.74) is 0.891. The number of hydrogen-bond donors (Lipinski definition) is 1. The van der Waals surface area contributed by atoms with Crippen LogP contribution >= 0.6 is 0 Å². The molecule has 0 atom stereocenters. The molecule has 0 aromatic heterocycles. The molecule has 1 aromatic carbocycles. The average molecular weight is 248 g/mol. The summed E-state index contributed by atoms with van der Waals surface area (Å²) in [5, 5.41) is 12.8. The van der Waals surface area contributed by atoms with Crippen LogP contribution in [0.15, 0.2) is 12.1 Å². The number of benzene rings is 1. The Hall–Kier alpha value is -1.79. The summed E-state index contributed by atoms with van der Waals surface area (Å²) in [4.78, 5) is 10.0. The zero-order valence-corrected chi connectivity index (χ0v) is 9.26. The summed E-state index contributed by atoms with van der Waals surface area (Å²) >= 11 is 0. The molecule has 0 heterocycles. The van der Waals surface area contributed by atoms with Crippen molar-refractivity contribution < 1.29 is 18.1 Å². The second-order valence-corrected chi connectivity index (χ2v) is 3.68. The first-order chi connectivity index (χ1) is 7.70. The number of anilines is 1. The third-order valence-corrected chi connectivity index (χ3v) is 2.22. The first-order valence-electron chi connectivity index (χ1n) is 4.77. The van der Waals surface area contributed by atoms with Gasteiger partial charge in [0, 0.05) is 17.3 Å². The molecule has 0 unspecified atom stereocenters. The third kappa shape index (κ3) is 3.61. The van der Waals surface area contributed by atoms with Gasteiger partial charge in [-0.25, -0.2) is 0 Å². The molecule has 0 saturated heterocycles. The number of rotatable bonds is 3. The van der Waals surface area contributed by atoms with E-state index in [0.717, 1.165) is 6.07 Å². The second kappa shape index (κ2) is 4.60. The lowest BCUT2D eigenvalue weighted by Crippen LogP contribution is -2.21. The lowest BCUT2D eigenvalue weighted by molar-refractivity contribution is -0.385. The van der Waals surface area contributed by atoms with Crippen LogP contribution in [0, 0.1) is 24.0 Å². The van der Waals surface area contributed by atoms with Crippen molar-refractivity contribution >= 4 is 11.4 Å². The number of nitro groups is 1. The van der Waals surface area contributed by atoms with Gasteiger partial charge in [0.1, 0.15) is 6.54 Å². The van der Waals surface area contributed by atoms with Gasteiger partial charge in [-0.3, -0.25) is 10.1 Å². The summed E-state index contributed by atoms with van der Waals surface area (Å²) < 4.78 is 36.0. The summed E-state index contributed by atoms with van der Waals surface area (Å²) in [6, 6.07) is 2.60. The topological polar surface area (TPSA) is 55.2 Å². The Balaban J connectivity index is 3.00. The number of halogens is 3. The zero-order chi connectivity index (χ0) is 13.2. The fraction of sp³-hybridized carbons (Fsp3) is 0.400. The maximum atomic E-state index is 12.0. The van der Waals surface area contributed by atoms with E-state index >= 15 is 0 Å². The molecule has 0 bridgehead atoms. The van der Waals surface area contributed by atoms with E-state index in [9.17, 15) is 23.3 Å². The predicted molar refractivity (Wildman–Crippen MR) is 57.1 cm³/mol. The molecule has 4 nitrogen and oxygen atoms in total. The molecule has 0 fully saturated rings. The number of nitrogens with zero attached hydrogens (tertiary/aromatic N) is 1. The van der Waals surface area contributed by atoms with Crippen LogP contribution in [0.25, 0.3) is 0 Å². The summed E-state index contributed by atoms with van der Waals surface area (Å²) in [5.74, 6) is 0. The molecule has 0 saturated carbocycles. The Labute approximate surface area is 95.6 Å². The molecule has 1 aromatic rings. The summed E-state index contributed by atoms with van der Waals surface area (Å²) in [6.07, 6.45) is -4.36. The monoisotopic (exact) mass is 248 g/mol. The highest BCUT2D eigenvalue weighted by Crippen LogP contribution is 2.27. The molecule has 0 aliphatic carbocycles. The van der Waals surface area contributed by atoms with Crippen molar-refractivity contribution in [3.8, 4) is 0 Å². The molecule has 0 radical (unpaired) electrons. The van der Waals surface area contributed by atoms with Gasteiger partial charge in [0.05, 0.1) is 4.92 Å². The largest absolute Gasteiger partial charge is 0.405 e. The maximum Gasteiger partial charge on any atom is 0.405 e. The fourth-order valence-electron chi connectivity index (χ4n) is 1.42.